The first kappa shape index (κ1) is 5.55. The van der Waals surface area contributed by atoms with E-state index in [4.69, 9.17) is 5.26 Å². The lowest BCUT2D eigenvalue weighted by molar-refractivity contribution is -0.380. The maximum Gasteiger partial charge on any atom is 0.0976 e. The molecule has 0 atom stereocenters. The van der Waals surface area contributed by atoms with Gasteiger partial charge >= 0.3 is 0 Å². The summed E-state index contributed by atoms with van der Waals surface area (Å²) in [7, 11) is 0. The summed E-state index contributed by atoms with van der Waals surface area (Å²) in [5.41, 5.74) is 0. The zero-order valence-electron chi connectivity index (χ0n) is 4.37. The van der Waals surface area contributed by atoms with Crippen LogP contribution in [-0.2, 0) is 4.99 Å². The number of hydroxylamine groups is 2. The predicted molar refractivity (Wildman–Crippen MR) is 27.6 cm³/mol. The summed E-state index contributed by atoms with van der Waals surface area (Å²) < 4.78 is 0. The number of nitrogens with one attached hydrogen (secondary N) is 1. The number of hydrogen-bond donors (Lipinski definition) is 2. The van der Waals surface area contributed by atoms with Crippen molar-refractivity contribution in [2.75, 3.05) is 13.2 Å². The Morgan fingerprint density at radius 3 is 3.00 bits per heavy atom. The van der Waals surface area contributed by atoms with Gasteiger partial charge in [0.05, 0.1) is 6.67 Å². The van der Waals surface area contributed by atoms with Crippen LogP contribution in [0.4, 0.5) is 0 Å². The van der Waals surface area contributed by atoms with Gasteiger partial charge in [0.1, 0.15) is 0 Å². The van der Waals surface area contributed by atoms with Gasteiger partial charge in [-0.15, -0.1) is 4.99 Å². The van der Waals surface area contributed by atoms with Crippen molar-refractivity contribution in [3.63, 3.8) is 0 Å². The molecular weight excluding hydrogens is 108 g/mol. The Hall–Kier alpha value is -0.580. The van der Waals surface area contributed by atoms with Crippen molar-refractivity contribution in [3.8, 4) is 0 Å². The molecular formula is C4H8N2O2. The topological polar surface area (TPSA) is 44.7 Å². The van der Waals surface area contributed by atoms with E-state index in [1.807, 2.05) is 6.08 Å². The monoisotopic (exact) mass is 116 g/mol. The predicted octanol–water partition coefficient (Wildman–Crippen LogP) is -0.233. The largest absolute Gasteiger partial charge is 0.294 e. The minimum absolute atomic E-state index is 0.535. The molecule has 0 bridgehead atoms. The first-order chi connectivity index (χ1) is 3.93. The van der Waals surface area contributed by atoms with Gasteiger partial charge in [0.2, 0.25) is 0 Å². The highest BCUT2D eigenvalue weighted by Gasteiger charge is 1.99. The molecule has 0 spiro atoms. The highest BCUT2D eigenvalue weighted by molar-refractivity contribution is 4.84. The molecule has 0 unspecified atom stereocenters. The maximum absolute atomic E-state index is 8.03. The molecule has 2 N–H and O–H groups in total. The highest BCUT2D eigenvalue weighted by atomic mass is 17.2. The van der Waals surface area contributed by atoms with Crippen molar-refractivity contribution in [2.45, 2.75) is 0 Å². The molecule has 0 saturated carbocycles. The van der Waals surface area contributed by atoms with Gasteiger partial charge in [0.25, 0.3) is 0 Å². The molecule has 8 heavy (non-hydrogen) atoms. The van der Waals surface area contributed by atoms with Crippen LogP contribution in [0.25, 0.3) is 0 Å². The van der Waals surface area contributed by atoms with Crippen molar-refractivity contribution in [1.29, 1.82) is 0 Å². The first-order valence-corrected chi connectivity index (χ1v) is 2.39. The summed E-state index contributed by atoms with van der Waals surface area (Å²) in [5, 5.41) is 12.2. The Morgan fingerprint density at radius 2 is 2.62 bits per heavy atom. The molecule has 1 aliphatic rings. The average Bonchev–Trinajstić information content (AvgIpc) is 1.90. The van der Waals surface area contributed by atoms with Gasteiger partial charge in [-0.05, 0) is 0 Å². The van der Waals surface area contributed by atoms with Crippen molar-refractivity contribution >= 4 is 0 Å². The van der Waals surface area contributed by atoms with Gasteiger partial charge in [-0.1, -0.05) is 6.08 Å². The molecule has 0 aromatic carbocycles. The van der Waals surface area contributed by atoms with E-state index in [9.17, 15) is 0 Å². The van der Waals surface area contributed by atoms with Crippen molar-refractivity contribution < 1.29 is 10.2 Å². The van der Waals surface area contributed by atoms with Crippen LogP contribution in [-0.4, -0.2) is 23.5 Å². The van der Waals surface area contributed by atoms with E-state index < -0.39 is 0 Å². The van der Waals surface area contributed by atoms with Crippen LogP contribution in [0.1, 0.15) is 0 Å². The summed E-state index contributed by atoms with van der Waals surface area (Å²) >= 11 is 0. The third kappa shape index (κ3) is 1.19. The molecule has 0 radical (unpaired) electrons. The smallest absolute Gasteiger partial charge is 0.0976 e. The van der Waals surface area contributed by atoms with E-state index in [1.165, 1.54) is 5.06 Å². The van der Waals surface area contributed by atoms with Gasteiger partial charge in [-0.25, -0.2) is 10.3 Å². The van der Waals surface area contributed by atoms with E-state index in [-0.39, 0.29) is 0 Å². The molecule has 0 aromatic rings. The number of hydrogen-bond acceptors (Lipinski definition) is 4. The molecule has 0 aliphatic carbocycles. The maximum atomic E-state index is 8.03. The van der Waals surface area contributed by atoms with E-state index in [2.05, 4.69) is 10.3 Å². The summed E-state index contributed by atoms with van der Waals surface area (Å²) in [6.07, 6.45) is 3.51. The second-order valence-electron chi connectivity index (χ2n) is 1.50. The molecule has 1 rings (SSSR count). The van der Waals surface area contributed by atoms with E-state index >= 15 is 0 Å². The molecule has 0 fully saturated rings. The van der Waals surface area contributed by atoms with E-state index in [1.54, 1.807) is 6.20 Å². The van der Waals surface area contributed by atoms with Gasteiger partial charge in [-0.2, -0.15) is 0 Å². The van der Waals surface area contributed by atoms with Crippen LogP contribution < -0.4 is 5.32 Å². The number of nitrogens with zero attached hydrogens (tertiary/aromatic N) is 1. The van der Waals surface area contributed by atoms with Crippen molar-refractivity contribution in [3.05, 3.63) is 12.3 Å². The standard InChI is InChI=1S/C4H8N2O2/c7-8-6-3-1-2-5-4-6/h1,3,5,7H,2,4H2. The normalized spacial score (nSPS) is 19.4. The van der Waals surface area contributed by atoms with Gasteiger partial charge < -0.3 is 0 Å². The Labute approximate surface area is 47.2 Å². The Balaban J connectivity index is 2.32. The van der Waals surface area contributed by atoms with Gasteiger partial charge in [0, 0.05) is 12.7 Å². The van der Waals surface area contributed by atoms with E-state index in [0.29, 0.717) is 6.67 Å². The number of rotatable bonds is 1. The second-order valence-corrected chi connectivity index (χ2v) is 1.50. The third-order valence-electron chi connectivity index (χ3n) is 0.906. The van der Waals surface area contributed by atoms with Crippen LogP contribution in [0.5, 0.6) is 0 Å². The minimum Gasteiger partial charge on any atom is -0.294 e. The lowest BCUT2D eigenvalue weighted by Crippen LogP contribution is -2.33. The summed E-state index contributed by atoms with van der Waals surface area (Å²) in [6, 6.07) is 0. The molecule has 0 amide bonds. The quantitative estimate of drug-likeness (QED) is 0.367. The summed E-state index contributed by atoms with van der Waals surface area (Å²) in [6.45, 7) is 1.37. The van der Waals surface area contributed by atoms with Crippen LogP contribution in [0, 0.1) is 0 Å². The molecule has 4 nitrogen and oxygen atoms in total. The Morgan fingerprint density at radius 1 is 1.75 bits per heavy atom. The van der Waals surface area contributed by atoms with Crippen molar-refractivity contribution in [2.24, 2.45) is 0 Å². The lowest BCUT2D eigenvalue weighted by Gasteiger charge is -2.17. The fourth-order valence-electron chi connectivity index (χ4n) is 0.537. The zero-order valence-corrected chi connectivity index (χ0v) is 4.37. The minimum atomic E-state index is 0.535. The third-order valence-corrected chi connectivity index (χ3v) is 0.906. The average molecular weight is 116 g/mol. The Bertz CT molecular complexity index is 94.0. The fourth-order valence-corrected chi connectivity index (χ4v) is 0.537. The van der Waals surface area contributed by atoms with Crippen LogP contribution in [0.3, 0.4) is 0 Å². The molecule has 4 heteroatoms. The van der Waals surface area contributed by atoms with Crippen molar-refractivity contribution in [1.82, 2.24) is 10.4 Å². The molecule has 0 aromatic heterocycles. The van der Waals surface area contributed by atoms with Crippen LogP contribution in [0.2, 0.25) is 0 Å². The zero-order chi connectivity index (χ0) is 5.82. The van der Waals surface area contributed by atoms with E-state index in [0.717, 1.165) is 6.54 Å². The van der Waals surface area contributed by atoms with Gasteiger partial charge in [0.15, 0.2) is 0 Å². The fraction of sp³-hybridized carbons (Fsp3) is 0.500. The highest BCUT2D eigenvalue weighted by Crippen LogP contribution is 1.90. The summed E-state index contributed by atoms with van der Waals surface area (Å²) in [5.74, 6) is 0. The second kappa shape index (κ2) is 2.66. The molecule has 0 saturated heterocycles. The van der Waals surface area contributed by atoms with Crippen LogP contribution >= 0.6 is 0 Å². The SMILES string of the molecule is OON1C=CCNC1. The Kier molecular flexibility index (Phi) is 1.85. The molecule has 1 heterocycles. The van der Waals surface area contributed by atoms with Crippen LogP contribution in [0.15, 0.2) is 12.3 Å². The molecule has 1 aliphatic heterocycles. The molecule has 46 valence electrons. The summed E-state index contributed by atoms with van der Waals surface area (Å²) in [4.78, 5) is 3.88. The first-order valence-electron chi connectivity index (χ1n) is 2.39. The van der Waals surface area contributed by atoms with Gasteiger partial charge in [-0.3, -0.25) is 5.32 Å². The lowest BCUT2D eigenvalue weighted by atomic mass is 10.5.